The fourth-order valence-corrected chi connectivity index (χ4v) is 12.2. The number of nitrogens with one attached hydrogen (secondary N) is 4. The van der Waals surface area contributed by atoms with E-state index in [2.05, 4.69) is 21.3 Å². The zero-order valence-corrected chi connectivity index (χ0v) is 32.7. The quantitative estimate of drug-likeness (QED) is 0.178. The largest absolute Gasteiger partial charge is 0.394 e. The maximum absolute atomic E-state index is 16.6. The second kappa shape index (κ2) is 15.8. The van der Waals surface area contributed by atoms with E-state index in [0.717, 1.165) is 50.8 Å². The van der Waals surface area contributed by atoms with E-state index in [4.69, 9.17) is 4.74 Å². The summed E-state index contributed by atoms with van der Waals surface area (Å²) in [7, 11) is -3.56. The summed E-state index contributed by atoms with van der Waals surface area (Å²) >= 11 is 0. The summed E-state index contributed by atoms with van der Waals surface area (Å²) in [5.74, 6) is -1.64. The number of nitrogens with zero attached hydrogens (tertiary/aromatic N) is 2. The number of benzene rings is 2. The summed E-state index contributed by atoms with van der Waals surface area (Å²) in [6, 6.07) is 12.6. The number of carbonyl (C=O) groups is 4. The number of fused-ring (bicyclic) bond motifs is 2. The summed E-state index contributed by atoms with van der Waals surface area (Å²) in [6.07, 6.45) is 3.97. The Bertz CT molecular complexity index is 1750. The molecule has 4 fully saturated rings. The third-order valence-electron chi connectivity index (χ3n) is 12.4. The lowest BCUT2D eigenvalue weighted by atomic mass is 9.82. The Morgan fingerprint density at radius 3 is 2.24 bits per heavy atom. The Morgan fingerprint density at radius 1 is 0.963 bits per heavy atom. The van der Waals surface area contributed by atoms with Crippen LogP contribution in [-0.2, 0) is 36.1 Å². The number of rotatable bonds is 10. The van der Waals surface area contributed by atoms with Crippen molar-refractivity contribution in [3.8, 4) is 0 Å². The van der Waals surface area contributed by atoms with Crippen molar-refractivity contribution in [3.05, 3.63) is 53.6 Å². The van der Waals surface area contributed by atoms with Gasteiger partial charge in [0.05, 0.1) is 49.2 Å². The van der Waals surface area contributed by atoms with Crippen molar-refractivity contribution in [1.29, 1.82) is 0 Å². The topological polar surface area (TPSA) is 152 Å². The Kier molecular flexibility index (Phi) is 11.3. The highest BCUT2D eigenvalue weighted by Crippen LogP contribution is 2.60. The van der Waals surface area contributed by atoms with Gasteiger partial charge in [0.1, 0.15) is 0 Å². The molecule has 12 nitrogen and oxygen atoms in total. The van der Waals surface area contributed by atoms with Gasteiger partial charge < -0.3 is 45.0 Å². The molecule has 0 radical (unpaired) electrons. The maximum atomic E-state index is 16.6. The van der Waals surface area contributed by atoms with Gasteiger partial charge in [-0.05, 0) is 101 Å². The number of hydrogen-bond acceptors (Lipinski definition) is 8. The van der Waals surface area contributed by atoms with Crippen molar-refractivity contribution in [2.45, 2.75) is 94.8 Å². The van der Waals surface area contributed by atoms with Crippen molar-refractivity contribution in [1.82, 2.24) is 15.5 Å². The molecule has 0 bridgehead atoms. The fraction of sp³-hybridized carbons (Fsp3) is 0.600. The number of carbonyl (C=O) groups excluding carboxylic acids is 4. The van der Waals surface area contributed by atoms with E-state index in [1.54, 1.807) is 35.0 Å². The van der Waals surface area contributed by atoms with Gasteiger partial charge in [0, 0.05) is 48.0 Å². The van der Waals surface area contributed by atoms with Gasteiger partial charge in [-0.15, -0.1) is 0 Å². The highest BCUT2D eigenvalue weighted by molar-refractivity contribution is 6.72. The molecule has 292 valence electrons. The molecule has 2 aromatic carbocycles. The molecule has 7 atom stereocenters. The zero-order valence-electron chi connectivity index (χ0n) is 31.7. The van der Waals surface area contributed by atoms with Crippen molar-refractivity contribution >= 4 is 49.1 Å². The number of aliphatic hydroxyl groups excluding tert-OH is 1. The van der Waals surface area contributed by atoms with Gasteiger partial charge in [-0.25, -0.2) is 0 Å². The van der Waals surface area contributed by atoms with Crippen molar-refractivity contribution in [2.24, 2.45) is 17.8 Å². The molecule has 5 N–H and O–H groups in total. The Balaban J connectivity index is 1.22. The third-order valence-corrected chi connectivity index (χ3v) is 14.8. The minimum Gasteiger partial charge on any atom is -0.394 e. The van der Waals surface area contributed by atoms with Gasteiger partial charge in [-0.1, -0.05) is 19.1 Å². The first-order valence-corrected chi connectivity index (χ1v) is 22.7. The number of amides is 4. The first-order chi connectivity index (χ1) is 25.9. The Hall–Kier alpha value is -3.69. The Morgan fingerprint density at radius 2 is 1.63 bits per heavy atom. The van der Waals surface area contributed by atoms with Crippen LogP contribution in [0.3, 0.4) is 0 Å². The number of hydrogen-bond donors (Lipinski definition) is 5. The van der Waals surface area contributed by atoms with Crippen LogP contribution in [0.4, 0.5) is 21.2 Å². The molecule has 0 aliphatic carbocycles. The predicted octanol–water partition coefficient (Wildman–Crippen LogP) is 4.26. The summed E-state index contributed by atoms with van der Waals surface area (Å²) in [5.41, 5.74) is 0.788. The second-order valence-electron chi connectivity index (χ2n) is 16.4. The van der Waals surface area contributed by atoms with E-state index >= 15 is 8.90 Å². The summed E-state index contributed by atoms with van der Waals surface area (Å²) in [5, 5.41) is 22.6. The number of ether oxygens (including phenoxy) is 1. The average Bonchev–Trinajstić information content (AvgIpc) is 3.82. The van der Waals surface area contributed by atoms with Crippen LogP contribution in [0.15, 0.2) is 42.5 Å². The van der Waals surface area contributed by atoms with Crippen LogP contribution in [0, 0.1) is 17.8 Å². The van der Waals surface area contributed by atoms with Crippen LogP contribution < -0.4 is 26.2 Å². The predicted molar refractivity (Wildman–Crippen MR) is 207 cm³/mol. The molecule has 2 aromatic rings. The highest BCUT2D eigenvalue weighted by Gasteiger charge is 2.67. The molecule has 54 heavy (non-hydrogen) atoms. The number of likely N-dealkylation sites (tertiary alicyclic amines) is 1. The van der Waals surface area contributed by atoms with Gasteiger partial charge in [-0.3, -0.25) is 19.2 Å². The number of halogens is 1. The SMILES string of the molecule is C[C@H]1[C@H]([Si](C)(C)F)[C@@H](CC(=O)N2CCC[C@H]2CO)O[C@]12C(=O)N(Cc1cccc(NC(=O)C3CCCNC3)c1)c1ccc(NC(=O)C3CCCNC3)cc12. The summed E-state index contributed by atoms with van der Waals surface area (Å²) in [4.78, 5) is 58.6. The smallest absolute Gasteiger partial charge is 0.264 e. The van der Waals surface area contributed by atoms with E-state index in [0.29, 0.717) is 48.7 Å². The van der Waals surface area contributed by atoms with Gasteiger partial charge in [0.25, 0.3) is 5.91 Å². The van der Waals surface area contributed by atoms with Gasteiger partial charge in [-0.2, -0.15) is 0 Å². The Labute approximate surface area is 318 Å². The molecular weight excluding hydrogens is 708 g/mol. The van der Waals surface area contributed by atoms with E-state index in [9.17, 15) is 19.5 Å². The van der Waals surface area contributed by atoms with Crippen LogP contribution in [0.25, 0.3) is 0 Å². The highest BCUT2D eigenvalue weighted by atomic mass is 28.4. The van der Waals surface area contributed by atoms with Gasteiger partial charge in [0.15, 0.2) is 5.60 Å². The van der Waals surface area contributed by atoms with Gasteiger partial charge in [0.2, 0.25) is 26.1 Å². The number of piperidine rings is 2. The molecule has 0 aromatic heterocycles. The van der Waals surface area contributed by atoms with Crippen molar-refractivity contribution < 1.29 is 33.1 Å². The molecule has 2 unspecified atom stereocenters. The molecule has 5 aliphatic heterocycles. The molecule has 7 rings (SSSR count). The molecule has 5 heterocycles. The van der Waals surface area contributed by atoms with Crippen molar-refractivity contribution in [2.75, 3.05) is 54.9 Å². The monoisotopic (exact) mass is 762 g/mol. The lowest BCUT2D eigenvalue weighted by molar-refractivity contribution is -0.150. The van der Waals surface area contributed by atoms with Crippen molar-refractivity contribution in [3.63, 3.8) is 0 Å². The standard InChI is InChI=1S/C40H55FN6O6Si/c1-25-36(54(2,3)41)34(20-35(49)46-17-7-12-31(46)24-48)53-40(25)32-19-30(45-38(51)28-10-6-16-43-22-28)13-14-33(32)47(39(40)52)23-26-8-4-11-29(18-26)44-37(50)27-9-5-15-42-21-27/h4,8,11,13-14,18-19,25,27-28,31,34,36,42-43,48H,5-7,9-10,12,15-17,20-24H2,1-3H3,(H,44,50)(H,45,51)/t25-,27?,28?,31-,34+,36-,40+/m0/s1. The minimum atomic E-state index is -3.56. The lowest BCUT2D eigenvalue weighted by Crippen LogP contribution is -2.45. The van der Waals surface area contributed by atoms with Crippen LogP contribution in [0.2, 0.25) is 18.6 Å². The zero-order chi connectivity index (χ0) is 38.2. The minimum absolute atomic E-state index is 0.0449. The van der Waals surface area contributed by atoms with Gasteiger partial charge >= 0.3 is 0 Å². The fourth-order valence-electron chi connectivity index (χ4n) is 9.70. The maximum Gasteiger partial charge on any atom is 0.264 e. The van der Waals surface area contributed by atoms with Crippen LogP contribution >= 0.6 is 0 Å². The average molecular weight is 763 g/mol. The van der Waals surface area contributed by atoms with E-state index in [1.165, 1.54) is 0 Å². The summed E-state index contributed by atoms with van der Waals surface area (Å²) in [6.45, 7) is 8.62. The number of aliphatic hydroxyl groups is 1. The molecule has 1 spiro atoms. The first kappa shape index (κ1) is 38.6. The normalized spacial score (nSPS) is 29.8. The van der Waals surface area contributed by atoms with Crippen LogP contribution in [0.1, 0.15) is 63.0 Å². The molecule has 0 saturated carbocycles. The second-order valence-corrected chi connectivity index (χ2v) is 20.2. The first-order valence-electron chi connectivity index (χ1n) is 19.8. The summed E-state index contributed by atoms with van der Waals surface area (Å²) < 4.78 is 23.5. The van der Waals surface area contributed by atoms with E-state index in [-0.39, 0.29) is 61.1 Å². The molecule has 5 aliphatic rings. The van der Waals surface area contributed by atoms with E-state index in [1.807, 2.05) is 37.3 Å². The van der Waals surface area contributed by atoms with Crippen LogP contribution in [-0.4, -0.2) is 93.5 Å². The lowest BCUT2D eigenvalue weighted by Gasteiger charge is -2.31. The number of anilines is 3. The van der Waals surface area contributed by atoms with Crippen LogP contribution in [0.5, 0.6) is 0 Å². The molecule has 14 heteroatoms. The third kappa shape index (κ3) is 7.47. The molecular formula is C40H55FN6O6Si. The van der Waals surface area contributed by atoms with E-state index < -0.39 is 31.6 Å². The molecule has 4 saturated heterocycles. The molecule has 4 amide bonds.